The van der Waals surface area contributed by atoms with Crippen LogP contribution in [-0.4, -0.2) is 41.6 Å². The maximum Gasteiger partial charge on any atom is 0.323 e. The number of aryl methyl sites for hydroxylation is 1. The number of carbonyl (C=O) groups excluding carboxylic acids is 1. The van der Waals surface area contributed by atoms with Gasteiger partial charge >= 0.3 is 5.97 Å². The molecule has 0 N–H and O–H groups in total. The van der Waals surface area contributed by atoms with Crippen LogP contribution in [0.25, 0.3) is 0 Å². The van der Waals surface area contributed by atoms with E-state index >= 15 is 0 Å². The van der Waals surface area contributed by atoms with Crippen LogP contribution in [-0.2, 0) is 14.9 Å². The molecule has 2 aliphatic heterocycles. The van der Waals surface area contributed by atoms with Gasteiger partial charge in [0.15, 0.2) is 0 Å². The molecule has 1 aromatic carbocycles. The molecule has 0 spiro atoms. The average molecular weight is 342 g/mol. The summed E-state index contributed by atoms with van der Waals surface area (Å²) in [6.07, 6.45) is 2.81. The van der Waals surface area contributed by atoms with E-state index in [-0.39, 0.29) is 17.4 Å². The summed E-state index contributed by atoms with van der Waals surface area (Å²) >= 11 is 1.72. The van der Waals surface area contributed by atoms with Crippen molar-refractivity contribution in [3.05, 3.63) is 52.0 Å². The Bertz CT molecular complexity index is 720. The first-order chi connectivity index (χ1) is 11.7. The number of hydrogen-bond donors (Lipinski definition) is 0. The summed E-state index contributed by atoms with van der Waals surface area (Å²) in [5.74, 6) is -0.0493. The first-order valence-electron chi connectivity index (χ1n) is 8.58. The molecule has 126 valence electrons. The number of carbonyl (C=O) groups is 1. The van der Waals surface area contributed by atoms with Gasteiger partial charge in [0.05, 0.1) is 17.3 Å². The van der Waals surface area contributed by atoms with Crippen LogP contribution in [0.1, 0.15) is 35.5 Å². The van der Waals surface area contributed by atoms with Gasteiger partial charge in [0.25, 0.3) is 0 Å². The predicted molar refractivity (Wildman–Crippen MR) is 94.2 cm³/mol. The first kappa shape index (κ1) is 15.8. The summed E-state index contributed by atoms with van der Waals surface area (Å²) in [4.78, 5) is 19.0. The Morgan fingerprint density at radius 3 is 2.58 bits per heavy atom. The van der Waals surface area contributed by atoms with E-state index in [1.807, 2.05) is 0 Å². The fraction of sp³-hybridized carbons (Fsp3) is 0.474. The molecule has 24 heavy (non-hydrogen) atoms. The number of thiazole rings is 1. The molecule has 2 aliphatic rings. The van der Waals surface area contributed by atoms with Crippen molar-refractivity contribution in [3.8, 4) is 0 Å². The Hall–Kier alpha value is -1.72. The minimum atomic E-state index is -0.0493. The van der Waals surface area contributed by atoms with E-state index in [0.717, 1.165) is 37.4 Å². The zero-order valence-electron chi connectivity index (χ0n) is 13.9. The second-order valence-corrected chi connectivity index (χ2v) is 7.77. The van der Waals surface area contributed by atoms with Crippen LogP contribution in [0.2, 0.25) is 0 Å². The molecule has 1 atom stereocenters. The van der Waals surface area contributed by atoms with E-state index in [1.54, 1.807) is 11.3 Å². The van der Waals surface area contributed by atoms with E-state index in [2.05, 4.69) is 47.5 Å². The smallest absolute Gasteiger partial charge is 0.323 e. The number of esters is 1. The van der Waals surface area contributed by atoms with Gasteiger partial charge in [0.1, 0.15) is 6.04 Å². The number of ether oxygens (including phenoxy) is 1. The van der Waals surface area contributed by atoms with Gasteiger partial charge in [0.2, 0.25) is 0 Å². The quantitative estimate of drug-likeness (QED) is 0.804. The van der Waals surface area contributed by atoms with Crippen molar-refractivity contribution in [2.45, 2.75) is 37.6 Å². The van der Waals surface area contributed by atoms with Crippen molar-refractivity contribution in [1.82, 2.24) is 9.88 Å². The minimum Gasteiger partial charge on any atom is -0.464 e. The highest BCUT2D eigenvalue weighted by Gasteiger charge is 2.43. The van der Waals surface area contributed by atoms with Gasteiger partial charge in [-0.15, -0.1) is 11.3 Å². The fourth-order valence-electron chi connectivity index (χ4n) is 4.07. The highest BCUT2D eigenvalue weighted by Crippen LogP contribution is 2.42. The third-order valence-electron chi connectivity index (χ3n) is 5.44. The van der Waals surface area contributed by atoms with Gasteiger partial charge < -0.3 is 4.74 Å². The largest absolute Gasteiger partial charge is 0.464 e. The van der Waals surface area contributed by atoms with Crippen molar-refractivity contribution in [2.24, 2.45) is 0 Å². The van der Waals surface area contributed by atoms with Crippen molar-refractivity contribution in [1.29, 1.82) is 0 Å². The monoisotopic (exact) mass is 342 g/mol. The molecule has 2 aromatic rings. The molecule has 2 fully saturated rings. The van der Waals surface area contributed by atoms with Gasteiger partial charge in [-0.05, 0) is 25.3 Å². The summed E-state index contributed by atoms with van der Waals surface area (Å²) in [5.41, 5.74) is 2.49. The lowest BCUT2D eigenvalue weighted by Gasteiger charge is -2.42. The summed E-state index contributed by atoms with van der Waals surface area (Å²) in [5, 5.41) is 3.32. The van der Waals surface area contributed by atoms with Crippen LogP contribution in [0.15, 0.2) is 35.7 Å². The highest BCUT2D eigenvalue weighted by molar-refractivity contribution is 7.09. The zero-order chi connectivity index (χ0) is 16.6. The Kier molecular flexibility index (Phi) is 4.14. The van der Waals surface area contributed by atoms with E-state index in [0.29, 0.717) is 6.61 Å². The molecular formula is C19H22N2O2S. The average Bonchev–Trinajstić information content (AvgIpc) is 3.24. The lowest BCUT2D eigenvalue weighted by molar-refractivity contribution is -0.142. The van der Waals surface area contributed by atoms with Gasteiger partial charge in [0, 0.05) is 30.3 Å². The van der Waals surface area contributed by atoms with Crippen molar-refractivity contribution in [2.75, 3.05) is 19.7 Å². The predicted octanol–water partition coefficient (Wildman–Crippen LogP) is 3.15. The van der Waals surface area contributed by atoms with Crippen molar-refractivity contribution < 1.29 is 9.53 Å². The number of likely N-dealkylation sites (tertiary alicyclic amines) is 1. The van der Waals surface area contributed by atoms with Crippen molar-refractivity contribution >= 4 is 17.3 Å². The van der Waals surface area contributed by atoms with Gasteiger partial charge in [-0.2, -0.15) is 0 Å². The second-order valence-electron chi connectivity index (χ2n) is 6.71. The number of benzene rings is 1. The van der Waals surface area contributed by atoms with Crippen LogP contribution in [0.3, 0.4) is 0 Å². The molecule has 0 bridgehead atoms. The van der Waals surface area contributed by atoms with Crippen LogP contribution in [0.5, 0.6) is 0 Å². The molecule has 0 saturated carbocycles. The molecule has 0 radical (unpaired) electrons. The Labute approximate surface area is 146 Å². The summed E-state index contributed by atoms with van der Waals surface area (Å²) in [6.45, 7) is 4.45. The summed E-state index contributed by atoms with van der Waals surface area (Å²) in [6, 6.07) is 10.7. The van der Waals surface area contributed by atoms with Crippen molar-refractivity contribution in [3.63, 3.8) is 0 Å². The topological polar surface area (TPSA) is 42.4 Å². The van der Waals surface area contributed by atoms with E-state index in [1.165, 1.54) is 11.3 Å². The molecule has 1 unspecified atom stereocenters. The van der Waals surface area contributed by atoms with E-state index < -0.39 is 0 Å². The molecule has 5 heteroatoms. The van der Waals surface area contributed by atoms with Crippen LogP contribution < -0.4 is 0 Å². The Balaban J connectivity index is 1.63. The maximum atomic E-state index is 11.9. The Morgan fingerprint density at radius 1 is 1.25 bits per heavy atom. The normalized spacial score (nSPS) is 24.0. The lowest BCUT2D eigenvalue weighted by Crippen LogP contribution is -2.49. The number of cyclic esters (lactones) is 1. The zero-order valence-corrected chi connectivity index (χ0v) is 14.7. The third kappa shape index (κ3) is 2.66. The number of nitrogens with zero attached hydrogens (tertiary/aromatic N) is 2. The van der Waals surface area contributed by atoms with Gasteiger partial charge in [-0.1, -0.05) is 30.3 Å². The standard InChI is InChI=1S/C19H22N2O2S/c1-14-20-17(13-24-14)19(15-5-3-2-4-6-15)8-10-21(11-9-19)16-7-12-23-18(16)22/h2-6,13,16H,7-12H2,1H3. The number of rotatable bonds is 3. The van der Waals surface area contributed by atoms with E-state index in [9.17, 15) is 4.79 Å². The molecule has 2 saturated heterocycles. The maximum absolute atomic E-state index is 11.9. The highest BCUT2D eigenvalue weighted by atomic mass is 32.1. The van der Waals surface area contributed by atoms with E-state index in [4.69, 9.17) is 9.72 Å². The second kappa shape index (κ2) is 6.30. The molecule has 1 aromatic heterocycles. The van der Waals surface area contributed by atoms with Gasteiger partial charge in [-0.25, -0.2) is 4.98 Å². The molecule has 4 nitrogen and oxygen atoms in total. The number of aromatic nitrogens is 1. The Morgan fingerprint density at radius 2 is 2.00 bits per heavy atom. The molecular weight excluding hydrogens is 320 g/mol. The molecule has 4 rings (SSSR count). The third-order valence-corrected chi connectivity index (χ3v) is 6.21. The fourth-order valence-corrected chi connectivity index (χ4v) is 4.78. The lowest BCUT2D eigenvalue weighted by atomic mass is 9.70. The molecule has 0 amide bonds. The summed E-state index contributed by atoms with van der Waals surface area (Å²) in [7, 11) is 0. The van der Waals surface area contributed by atoms with Crippen LogP contribution in [0.4, 0.5) is 0 Å². The molecule has 0 aliphatic carbocycles. The number of hydrogen-bond acceptors (Lipinski definition) is 5. The minimum absolute atomic E-state index is 0.0367. The first-order valence-corrected chi connectivity index (χ1v) is 9.46. The SMILES string of the molecule is Cc1nc(C2(c3ccccc3)CCN(C3CCOC3=O)CC2)cs1. The van der Waals surface area contributed by atoms with Crippen LogP contribution in [0, 0.1) is 6.92 Å². The van der Waals surface area contributed by atoms with Crippen LogP contribution >= 0.6 is 11.3 Å². The summed E-state index contributed by atoms with van der Waals surface area (Å²) < 4.78 is 5.15. The molecule has 3 heterocycles. The number of piperidine rings is 1. The van der Waals surface area contributed by atoms with Gasteiger partial charge in [-0.3, -0.25) is 9.69 Å².